The van der Waals surface area contributed by atoms with Gasteiger partial charge in [-0.15, -0.1) is 0 Å². The van der Waals surface area contributed by atoms with E-state index >= 15 is 0 Å². The molecule has 0 saturated carbocycles. The van der Waals surface area contributed by atoms with Crippen LogP contribution < -0.4 is 0 Å². The summed E-state index contributed by atoms with van der Waals surface area (Å²) in [7, 11) is 0. The Hall–Kier alpha value is -2.99. The number of amidine groups is 1. The van der Waals surface area contributed by atoms with Gasteiger partial charge in [-0.05, 0) is 37.0 Å². The lowest BCUT2D eigenvalue weighted by Gasteiger charge is -2.36. The molecule has 6 nitrogen and oxygen atoms in total. The summed E-state index contributed by atoms with van der Waals surface area (Å²) < 4.78 is 2.25. The predicted molar refractivity (Wildman–Crippen MR) is 128 cm³/mol. The first-order chi connectivity index (χ1) is 15.1. The maximum Gasteiger partial charge on any atom is 0.156 e. The fraction of sp³-hybridized carbons (Fsp3) is 0.400. The first kappa shape index (κ1) is 19.9. The van der Waals surface area contributed by atoms with Crippen LogP contribution in [0.5, 0.6) is 0 Å². The molecule has 0 amide bonds. The first-order valence-corrected chi connectivity index (χ1v) is 11.2. The first-order valence-electron chi connectivity index (χ1n) is 11.2. The van der Waals surface area contributed by atoms with E-state index in [1.54, 1.807) is 0 Å². The fourth-order valence-electron chi connectivity index (χ4n) is 4.47. The number of aromatic nitrogens is 2. The fourth-order valence-corrected chi connectivity index (χ4v) is 4.47. The van der Waals surface area contributed by atoms with Crippen molar-refractivity contribution in [2.24, 2.45) is 15.9 Å². The number of allylic oxidation sites excluding steroid dienone is 5. The van der Waals surface area contributed by atoms with Crippen LogP contribution in [-0.4, -0.2) is 64.0 Å². The van der Waals surface area contributed by atoms with E-state index in [-0.39, 0.29) is 0 Å². The molecule has 0 radical (unpaired) electrons. The van der Waals surface area contributed by atoms with Gasteiger partial charge in [-0.2, -0.15) is 0 Å². The minimum Gasteiger partial charge on any atom is -0.373 e. The number of fused-ring (bicyclic) bond motifs is 1. The highest BCUT2D eigenvalue weighted by Crippen LogP contribution is 2.28. The summed E-state index contributed by atoms with van der Waals surface area (Å²) in [6.45, 7) is 14.1. The third-order valence-corrected chi connectivity index (χ3v) is 6.38. The summed E-state index contributed by atoms with van der Waals surface area (Å²) in [6, 6.07) is 4.17. The number of aliphatic imine (C=N–C) groups is 2. The summed E-state index contributed by atoms with van der Waals surface area (Å²) in [5.74, 6) is 1.40. The Morgan fingerprint density at radius 3 is 2.71 bits per heavy atom. The summed E-state index contributed by atoms with van der Waals surface area (Å²) in [5, 5.41) is 0. The number of pyridine rings is 1. The highest BCUT2D eigenvalue weighted by molar-refractivity contribution is 6.06. The molecule has 2 aliphatic heterocycles. The lowest BCUT2D eigenvalue weighted by Crippen LogP contribution is -2.45. The normalized spacial score (nSPS) is 21.6. The number of rotatable bonds is 5. The van der Waals surface area contributed by atoms with Gasteiger partial charge in [0.1, 0.15) is 5.65 Å². The number of imidazole rings is 1. The van der Waals surface area contributed by atoms with E-state index in [0.29, 0.717) is 12.5 Å². The SMILES string of the molecule is C=C(C)N1CCN(Cc2c(C3=CCC(C)C=C3)nc3ccc(C4=NCC=N4)cn23)CC1. The lowest BCUT2D eigenvalue weighted by atomic mass is 9.96. The minimum absolute atomic E-state index is 0.587. The third kappa shape index (κ3) is 4.00. The van der Waals surface area contributed by atoms with Crippen molar-refractivity contribution >= 4 is 23.3 Å². The van der Waals surface area contributed by atoms with Gasteiger partial charge in [0.15, 0.2) is 5.84 Å². The van der Waals surface area contributed by atoms with Crippen LogP contribution in [0.2, 0.25) is 0 Å². The van der Waals surface area contributed by atoms with Crippen LogP contribution in [0.3, 0.4) is 0 Å². The van der Waals surface area contributed by atoms with E-state index < -0.39 is 0 Å². The summed E-state index contributed by atoms with van der Waals surface area (Å²) in [4.78, 5) is 18.9. The average Bonchev–Trinajstić information content (AvgIpc) is 3.43. The molecule has 6 heteroatoms. The van der Waals surface area contributed by atoms with Gasteiger partial charge in [-0.3, -0.25) is 9.89 Å². The average molecular weight is 415 g/mol. The second-order valence-corrected chi connectivity index (χ2v) is 8.76. The smallest absolute Gasteiger partial charge is 0.156 e. The van der Waals surface area contributed by atoms with Gasteiger partial charge in [-0.25, -0.2) is 9.98 Å². The molecule has 2 aromatic heterocycles. The van der Waals surface area contributed by atoms with Crippen LogP contribution >= 0.6 is 0 Å². The van der Waals surface area contributed by atoms with Crippen LogP contribution in [0.4, 0.5) is 0 Å². The van der Waals surface area contributed by atoms with Crippen molar-refractivity contribution in [1.29, 1.82) is 0 Å². The zero-order valence-corrected chi connectivity index (χ0v) is 18.5. The van der Waals surface area contributed by atoms with Crippen molar-refractivity contribution in [3.8, 4) is 0 Å². The molecule has 3 aliphatic rings. The summed E-state index contributed by atoms with van der Waals surface area (Å²) in [6.07, 6.45) is 11.9. The van der Waals surface area contributed by atoms with Crippen molar-refractivity contribution in [2.75, 3.05) is 32.7 Å². The Morgan fingerprint density at radius 1 is 1.19 bits per heavy atom. The quantitative estimate of drug-likeness (QED) is 0.748. The number of hydrogen-bond donors (Lipinski definition) is 0. The molecule has 31 heavy (non-hydrogen) atoms. The van der Waals surface area contributed by atoms with Crippen LogP contribution in [0.15, 0.2) is 58.8 Å². The molecule has 1 fully saturated rings. The standard InChI is InChI=1S/C25H30N6/c1-18(2)30-14-12-29(13-15-30)17-22-24(20-6-4-19(3)5-7-20)28-23-9-8-21(16-31(22)23)25-26-10-11-27-25/h4,6-10,16,19H,1,5,11-15,17H2,2-3H3. The minimum atomic E-state index is 0.587. The monoisotopic (exact) mass is 414 g/mol. The van der Waals surface area contributed by atoms with E-state index in [1.807, 2.05) is 6.21 Å². The molecule has 1 atom stereocenters. The van der Waals surface area contributed by atoms with Crippen molar-refractivity contribution in [3.63, 3.8) is 0 Å². The van der Waals surface area contributed by atoms with E-state index in [1.165, 1.54) is 11.3 Å². The number of piperazine rings is 1. The van der Waals surface area contributed by atoms with Gasteiger partial charge in [0.05, 0.1) is 17.9 Å². The molecule has 0 aromatic carbocycles. The maximum atomic E-state index is 5.05. The van der Waals surface area contributed by atoms with Crippen LogP contribution in [-0.2, 0) is 6.54 Å². The molecule has 1 aliphatic carbocycles. The van der Waals surface area contributed by atoms with Gasteiger partial charge in [0.2, 0.25) is 0 Å². The lowest BCUT2D eigenvalue weighted by molar-refractivity contribution is 0.151. The molecule has 1 saturated heterocycles. The Labute approximate surface area is 184 Å². The van der Waals surface area contributed by atoms with Crippen molar-refractivity contribution < 1.29 is 0 Å². The molecule has 160 valence electrons. The molecule has 0 spiro atoms. The van der Waals surface area contributed by atoms with Crippen molar-refractivity contribution in [3.05, 3.63) is 65.8 Å². The van der Waals surface area contributed by atoms with Crippen molar-refractivity contribution in [1.82, 2.24) is 19.2 Å². The Kier molecular flexibility index (Phi) is 5.32. The van der Waals surface area contributed by atoms with Gasteiger partial charge in [0, 0.05) is 56.4 Å². The summed E-state index contributed by atoms with van der Waals surface area (Å²) >= 11 is 0. The Morgan fingerprint density at radius 2 is 2.03 bits per heavy atom. The third-order valence-electron chi connectivity index (χ3n) is 6.38. The molecule has 1 unspecified atom stereocenters. The van der Waals surface area contributed by atoms with Crippen molar-refractivity contribution in [2.45, 2.75) is 26.8 Å². The molecular weight excluding hydrogens is 384 g/mol. The van der Waals surface area contributed by atoms with E-state index in [2.05, 4.69) is 81.2 Å². The number of nitrogens with zero attached hydrogens (tertiary/aromatic N) is 6. The van der Waals surface area contributed by atoms with E-state index in [4.69, 9.17) is 4.98 Å². The van der Waals surface area contributed by atoms with Crippen LogP contribution in [0.25, 0.3) is 11.2 Å². The van der Waals surface area contributed by atoms with Gasteiger partial charge in [0.25, 0.3) is 0 Å². The predicted octanol–water partition coefficient (Wildman–Crippen LogP) is 3.80. The van der Waals surface area contributed by atoms with E-state index in [9.17, 15) is 0 Å². The van der Waals surface area contributed by atoms with Crippen LogP contribution in [0.1, 0.15) is 37.2 Å². The molecule has 2 aromatic rings. The van der Waals surface area contributed by atoms with Gasteiger partial charge >= 0.3 is 0 Å². The van der Waals surface area contributed by atoms with E-state index in [0.717, 1.165) is 67.6 Å². The maximum absolute atomic E-state index is 5.05. The second-order valence-electron chi connectivity index (χ2n) is 8.76. The molecule has 0 bridgehead atoms. The summed E-state index contributed by atoms with van der Waals surface area (Å²) in [5.41, 5.74) is 6.75. The Balaban J connectivity index is 1.52. The molecule has 5 rings (SSSR count). The zero-order valence-electron chi connectivity index (χ0n) is 18.5. The van der Waals surface area contributed by atoms with Gasteiger partial charge < -0.3 is 9.30 Å². The Bertz CT molecular complexity index is 1120. The highest BCUT2D eigenvalue weighted by atomic mass is 15.3. The number of hydrogen-bond acceptors (Lipinski definition) is 5. The molecule has 0 N–H and O–H groups in total. The highest BCUT2D eigenvalue weighted by Gasteiger charge is 2.22. The zero-order chi connectivity index (χ0) is 21.4. The topological polar surface area (TPSA) is 48.5 Å². The molecule has 4 heterocycles. The largest absolute Gasteiger partial charge is 0.373 e. The second kappa shape index (κ2) is 8.27. The van der Waals surface area contributed by atoms with Crippen LogP contribution in [0, 0.1) is 5.92 Å². The molecular formula is C25H30N6. The van der Waals surface area contributed by atoms with Gasteiger partial charge in [-0.1, -0.05) is 31.7 Å².